The number of ketones is 1. The zero-order valence-corrected chi connectivity index (χ0v) is 19.9. The highest BCUT2D eigenvalue weighted by atomic mass is 32.2. The fraction of sp³-hybridized carbons (Fsp3) is 0.609. The number of carbonyl (C=O) groups excluding carboxylic acids is 3. The molecule has 9 heteroatoms. The van der Waals surface area contributed by atoms with E-state index < -0.39 is 21.5 Å². The predicted molar refractivity (Wildman–Crippen MR) is 123 cm³/mol. The Hall–Kier alpha value is -2.26. The van der Waals surface area contributed by atoms with Gasteiger partial charge in [0.25, 0.3) is 0 Å². The zero-order chi connectivity index (χ0) is 23.5. The minimum Gasteiger partial charge on any atom is -0.351 e. The van der Waals surface area contributed by atoms with Gasteiger partial charge in [-0.1, -0.05) is 44.2 Å². The molecule has 176 valence electrons. The molecule has 1 aliphatic carbocycles. The first-order valence-corrected chi connectivity index (χ1v) is 13.1. The number of nitrogens with zero attached hydrogens (tertiary/aromatic N) is 2. The molecule has 0 bridgehead atoms. The van der Waals surface area contributed by atoms with Crippen LogP contribution >= 0.6 is 0 Å². The number of benzene rings is 1. The molecule has 0 radical (unpaired) electrons. The number of carbonyl (C=O) groups is 3. The van der Waals surface area contributed by atoms with Crippen LogP contribution in [0, 0.1) is 0 Å². The van der Waals surface area contributed by atoms with Gasteiger partial charge in [-0.15, -0.1) is 0 Å². The third kappa shape index (κ3) is 5.38. The lowest BCUT2D eigenvalue weighted by atomic mass is 9.91. The summed E-state index contributed by atoms with van der Waals surface area (Å²) in [7, 11) is -3.68. The summed E-state index contributed by atoms with van der Waals surface area (Å²) in [5.41, 5.74) is -0.620. The van der Waals surface area contributed by atoms with E-state index in [1.165, 1.54) is 18.2 Å². The number of hydrogen-bond donors (Lipinski definition) is 1. The molecular formula is C23H33N3O5S. The van der Waals surface area contributed by atoms with Crippen molar-refractivity contribution in [2.45, 2.75) is 70.4 Å². The van der Waals surface area contributed by atoms with Crippen LogP contribution in [-0.4, -0.2) is 61.2 Å². The van der Waals surface area contributed by atoms with E-state index in [-0.39, 0.29) is 30.8 Å². The van der Waals surface area contributed by atoms with E-state index in [4.69, 9.17) is 0 Å². The Kier molecular flexibility index (Phi) is 7.39. The topological polar surface area (TPSA) is 104 Å². The van der Waals surface area contributed by atoms with Gasteiger partial charge in [0.2, 0.25) is 21.8 Å². The lowest BCUT2D eigenvalue weighted by molar-refractivity contribution is -0.133. The summed E-state index contributed by atoms with van der Waals surface area (Å²) in [6, 6.07) is 6.55. The molecule has 1 aromatic carbocycles. The number of Topliss-reactive ketones (excluding diaryl/α,β-unsaturated/α-hetero) is 1. The third-order valence-electron chi connectivity index (χ3n) is 6.45. The molecule has 3 rings (SSSR count). The normalized spacial score (nSPS) is 24.0. The van der Waals surface area contributed by atoms with E-state index in [1.54, 1.807) is 31.2 Å². The molecule has 1 unspecified atom stereocenters. The Morgan fingerprint density at radius 2 is 1.72 bits per heavy atom. The van der Waals surface area contributed by atoms with E-state index in [0.29, 0.717) is 11.3 Å². The van der Waals surface area contributed by atoms with Gasteiger partial charge in [0.1, 0.15) is 5.54 Å². The summed E-state index contributed by atoms with van der Waals surface area (Å²) in [5, 5.41) is 3.11. The van der Waals surface area contributed by atoms with Crippen molar-refractivity contribution < 1.29 is 22.8 Å². The maximum Gasteiger partial charge on any atom is 0.247 e. The Morgan fingerprint density at radius 1 is 1.09 bits per heavy atom. The van der Waals surface area contributed by atoms with Crippen LogP contribution in [0.1, 0.15) is 69.2 Å². The van der Waals surface area contributed by atoms with E-state index in [2.05, 4.69) is 5.32 Å². The monoisotopic (exact) mass is 463 g/mol. The Bertz CT molecular complexity index is 985. The average molecular weight is 464 g/mol. The van der Waals surface area contributed by atoms with E-state index in [9.17, 15) is 22.8 Å². The molecule has 1 saturated carbocycles. The Labute approximate surface area is 190 Å². The van der Waals surface area contributed by atoms with Gasteiger partial charge < -0.3 is 5.32 Å². The fourth-order valence-corrected chi connectivity index (χ4v) is 5.44. The second-order valence-corrected chi connectivity index (χ2v) is 11.1. The van der Waals surface area contributed by atoms with Crippen molar-refractivity contribution in [3.8, 4) is 0 Å². The van der Waals surface area contributed by atoms with Gasteiger partial charge in [-0.2, -0.15) is 4.31 Å². The largest absolute Gasteiger partial charge is 0.351 e. The van der Waals surface area contributed by atoms with Crippen LogP contribution in [-0.2, 0) is 19.6 Å². The predicted octanol–water partition coefficient (Wildman–Crippen LogP) is 2.49. The molecule has 2 fully saturated rings. The van der Waals surface area contributed by atoms with Gasteiger partial charge in [-0.05, 0) is 38.8 Å². The van der Waals surface area contributed by atoms with Crippen LogP contribution in [0.5, 0.6) is 0 Å². The minimum atomic E-state index is -3.68. The van der Waals surface area contributed by atoms with Gasteiger partial charge in [0, 0.05) is 23.8 Å². The summed E-state index contributed by atoms with van der Waals surface area (Å²) < 4.78 is 25.6. The molecule has 8 nitrogen and oxygen atoms in total. The first-order valence-electron chi connectivity index (χ1n) is 11.2. The molecule has 1 N–H and O–H groups in total. The van der Waals surface area contributed by atoms with Gasteiger partial charge in [0.05, 0.1) is 12.8 Å². The fourth-order valence-electron chi connectivity index (χ4n) is 4.61. The molecule has 1 aromatic rings. The number of sulfonamides is 1. The SMILES string of the molecule is CC(=O)c1cccc(N2C(=O)CN(S(C)(=O)=O)CC2(C)C(=O)NC2CCCCCCC2)c1. The van der Waals surface area contributed by atoms with Gasteiger partial charge >= 0.3 is 0 Å². The van der Waals surface area contributed by atoms with E-state index in [1.807, 2.05) is 0 Å². The van der Waals surface area contributed by atoms with Gasteiger partial charge in [0.15, 0.2) is 5.78 Å². The number of anilines is 1. The number of rotatable bonds is 5. The standard InChI is InChI=1S/C23H33N3O5S/c1-17(27)18-10-9-13-20(14-18)26-21(28)15-25(32(3,30)31)16-23(26,2)22(29)24-19-11-7-5-4-6-8-12-19/h9-10,13-14,19H,4-8,11-12,15-16H2,1-3H3,(H,24,29). The van der Waals surface area contributed by atoms with Gasteiger partial charge in [-0.25, -0.2) is 8.42 Å². The third-order valence-corrected chi connectivity index (χ3v) is 7.64. The van der Waals surface area contributed by atoms with Crippen LogP contribution in [0.4, 0.5) is 5.69 Å². The average Bonchev–Trinajstić information content (AvgIpc) is 2.68. The summed E-state index contributed by atoms with van der Waals surface area (Å²) in [5.74, 6) is -1.04. The quantitative estimate of drug-likeness (QED) is 0.676. The molecule has 1 atom stereocenters. The van der Waals surface area contributed by atoms with E-state index in [0.717, 1.165) is 49.1 Å². The highest BCUT2D eigenvalue weighted by molar-refractivity contribution is 7.88. The molecule has 2 aliphatic rings. The molecule has 32 heavy (non-hydrogen) atoms. The summed E-state index contributed by atoms with van der Waals surface area (Å²) in [4.78, 5) is 40.1. The van der Waals surface area contributed by atoms with E-state index >= 15 is 0 Å². The smallest absolute Gasteiger partial charge is 0.247 e. The number of hydrogen-bond acceptors (Lipinski definition) is 5. The zero-order valence-electron chi connectivity index (χ0n) is 19.1. The Morgan fingerprint density at radius 3 is 2.31 bits per heavy atom. The lowest BCUT2D eigenvalue weighted by Crippen LogP contribution is -2.70. The maximum atomic E-state index is 13.6. The second-order valence-electron chi connectivity index (χ2n) is 9.16. The highest BCUT2D eigenvalue weighted by Crippen LogP contribution is 2.32. The maximum absolute atomic E-state index is 13.6. The molecule has 2 amide bonds. The summed E-state index contributed by atoms with van der Waals surface area (Å²) in [6.07, 6.45) is 8.30. The number of piperazine rings is 1. The lowest BCUT2D eigenvalue weighted by Gasteiger charge is -2.47. The van der Waals surface area contributed by atoms with Crippen LogP contribution in [0.15, 0.2) is 24.3 Å². The molecule has 0 aromatic heterocycles. The molecular weight excluding hydrogens is 430 g/mol. The second kappa shape index (κ2) is 9.70. The van der Waals surface area contributed by atoms with Crippen molar-refractivity contribution in [1.82, 2.24) is 9.62 Å². The van der Waals surface area contributed by atoms with Crippen molar-refractivity contribution in [2.75, 3.05) is 24.2 Å². The summed E-state index contributed by atoms with van der Waals surface area (Å²) >= 11 is 0. The van der Waals surface area contributed by atoms with Crippen molar-refractivity contribution in [1.29, 1.82) is 0 Å². The number of nitrogens with one attached hydrogen (secondary N) is 1. The summed E-state index contributed by atoms with van der Waals surface area (Å²) in [6.45, 7) is 2.53. The minimum absolute atomic E-state index is 0.00580. The first-order chi connectivity index (χ1) is 15.0. The van der Waals surface area contributed by atoms with Crippen LogP contribution < -0.4 is 10.2 Å². The first kappa shape index (κ1) is 24.4. The van der Waals surface area contributed by atoms with Crippen LogP contribution in [0.25, 0.3) is 0 Å². The Balaban J connectivity index is 1.98. The molecule has 0 spiro atoms. The van der Waals surface area contributed by atoms with Crippen LogP contribution in [0.3, 0.4) is 0 Å². The van der Waals surface area contributed by atoms with Crippen molar-refractivity contribution in [3.63, 3.8) is 0 Å². The molecule has 1 heterocycles. The van der Waals surface area contributed by atoms with Gasteiger partial charge in [-0.3, -0.25) is 19.3 Å². The van der Waals surface area contributed by atoms with Crippen molar-refractivity contribution in [3.05, 3.63) is 29.8 Å². The van der Waals surface area contributed by atoms with Crippen molar-refractivity contribution >= 4 is 33.3 Å². The highest BCUT2D eigenvalue weighted by Gasteiger charge is 2.50. The molecule has 1 aliphatic heterocycles. The van der Waals surface area contributed by atoms with Crippen LogP contribution in [0.2, 0.25) is 0 Å². The molecule has 1 saturated heterocycles. The number of amides is 2. The van der Waals surface area contributed by atoms with Crippen molar-refractivity contribution in [2.24, 2.45) is 0 Å².